The molecular weight excluding hydrogens is 130 g/mol. The number of hydrogen-bond donors (Lipinski definition) is 2. The number of carboxylic acid groups (broad SMARTS) is 1. The van der Waals surface area contributed by atoms with Gasteiger partial charge in [0.1, 0.15) is 6.04 Å². The third kappa shape index (κ3) is 4.09. The predicted molar refractivity (Wildman–Crippen MR) is 39.9 cm³/mol. The normalized spacial score (nSPS) is 12.6. The Hall–Kier alpha value is -0.830. The van der Waals surface area contributed by atoms with Crippen LogP contribution in [-0.4, -0.2) is 23.7 Å². The highest BCUT2D eigenvalue weighted by atomic mass is 16.4. The minimum atomic E-state index is -0.832. The topological polar surface area (TPSA) is 49.3 Å². The summed E-state index contributed by atoms with van der Waals surface area (Å²) in [5.41, 5.74) is 0.938. The van der Waals surface area contributed by atoms with Crippen LogP contribution in [0.1, 0.15) is 13.8 Å². The van der Waals surface area contributed by atoms with Crippen molar-refractivity contribution in [2.45, 2.75) is 19.9 Å². The zero-order chi connectivity index (χ0) is 8.15. The summed E-state index contributed by atoms with van der Waals surface area (Å²) in [6.45, 7) is 7.65. The van der Waals surface area contributed by atoms with E-state index in [9.17, 15) is 4.79 Å². The van der Waals surface area contributed by atoms with Gasteiger partial charge in [0.25, 0.3) is 0 Å². The summed E-state index contributed by atoms with van der Waals surface area (Å²) in [7, 11) is 0. The average molecular weight is 143 g/mol. The Kier molecular flexibility index (Phi) is 3.72. The lowest BCUT2D eigenvalue weighted by Crippen LogP contribution is -2.34. The van der Waals surface area contributed by atoms with Gasteiger partial charge in [-0.15, -0.1) is 0 Å². The van der Waals surface area contributed by atoms with Crippen LogP contribution in [0, 0.1) is 0 Å². The fourth-order valence-corrected chi connectivity index (χ4v) is 0.415. The summed E-state index contributed by atoms with van der Waals surface area (Å²) in [6, 6.07) is -0.489. The minimum Gasteiger partial charge on any atom is -0.480 e. The molecule has 10 heavy (non-hydrogen) atoms. The summed E-state index contributed by atoms with van der Waals surface area (Å²) >= 11 is 0. The van der Waals surface area contributed by atoms with E-state index in [-0.39, 0.29) is 0 Å². The van der Waals surface area contributed by atoms with E-state index in [1.165, 1.54) is 0 Å². The van der Waals surface area contributed by atoms with Crippen LogP contribution in [0.4, 0.5) is 0 Å². The molecule has 0 saturated carbocycles. The maximum Gasteiger partial charge on any atom is 0.320 e. The number of hydrogen-bond acceptors (Lipinski definition) is 2. The summed E-state index contributed by atoms with van der Waals surface area (Å²) < 4.78 is 0. The van der Waals surface area contributed by atoms with Gasteiger partial charge in [0.05, 0.1) is 0 Å². The number of carboxylic acids is 1. The Bertz CT molecular complexity index is 143. The zero-order valence-corrected chi connectivity index (χ0v) is 6.35. The third-order valence-corrected chi connectivity index (χ3v) is 1.08. The monoisotopic (exact) mass is 143 g/mol. The Balaban J connectivity index is 3.49. The van der Waals surface area contributed by atoms with Crippen molar-refractivity contribution in [1.29, 1.82) is 0 Å². The molecule has 0 fully saturated rings. The quantitative estimate of drug-likeness (QED) is 0.567. The molecule has 0 spiro atoms. The van der Waals surface area contributed by atoms with Gasteiger partial charge in [-0.25, -0.2) is 0 Å². The van der Waals surface area contributed by atoms with Gasteiger partial charge < -0.3 is 10.4 Å². The molecule has 3 nitrogen and oxygen atoms in total. The fraction of sp³-hybridized carbons (Fsp3) is 0.571. The van der Waals surface area contributed by atoms with Crippen LogP contribution in [0.2, 0.25) is 0 Å². The van der Waals surface area contributed by atoms with E-state index in [1.807, 2.05) is 6.92 Å². The summed E-state index contributed by atoms with van der Waals surface area (Å²) in [4.78, 5) is 10.2. The van der Waals surface area contributed by atoms with Gasteiger partial charge >= 0.3 is 5.97 Å². The standard InChI is InChI=1S/C7H13NO2/c1-5(2)4-8-6(3)7(9)10/h6,8H,1,4H2,2-3H3,(H,9,10)/t6-/m1/s1. The van der Waals surface area contributed by atoms with Crippen molar-refractivity contribution in [3.8, 4) is 0 Å². The van der Waals surface area contributed by atoms with Crippen molar-refractivity contribution in [3.05, 3.63) is 12.2 Å². The molecule has 2 N–H and O–H groups in total. The van der Waals surface area contributed by atoms with Gasteiger partial charge in [-0.1, -0.05) is 12.2 Å². The van der Waals surface area contributed by atoms with Crippen molar-refractivity contribution in [2.75, 3.05) is 6.54 Å². The van der Waals surface area contributed by atoms with Gasteiger partial charge in [-0.05, 0) is 13.8 Å². The van der Waals surface area contributed by atoms with E-state index in [4.69, 9.17) is 5.11 Å². The molecule has 58 valence electrons. The van der Waals surface area contributed by atoms with E-state index < -0.39 is 12.0 Å². The first-order valence-corrected chi connectivity index (χ1v) is 3.14. The maximum absolute atomic E-state index is 10.2. The van der Waals surface area contributed by atoms with E-state index in [1.54, 1.807) is 6.92 Å². The molecule has 0 aromatic carbocycles. The van der Waals surface area contributed by atoms with Crippen LogP contribution in [-0.2, 0) is 4.79 Å². The second-order valence-corrected chi connectivity index (χ2v) is 2.40. The van der Waals surface area contributed by atoms with Crippen LogP contribution in [0.5, 0.6) is 0 Å². The van der Waals surface area contributed by atoms with E-state index in [2.05, 4.69) is 11.9 Å². The number of nitrogens with one attached hydrogen (secondary N) is 1. The number of aliphatic carboxylic acids is 1. The van der Waals surface area contributed by atoms with Gasteiger partial charge in [-0.3, -0.25) is 4.79 Å². The minimum absolute atomic E-state index is 0.489. The van der Waals surface area contributed by atoms with Crippen LogP contribution >= 0.6 is 0 Å². The molecule has 0 unspecified atom stereocenters. The maximum atomic E-state index is 10.2. The Morgan fingerprint density at radius 2 is 2.30 bits per heavy atom. The fourth-order valence-electron chi connectivity index (χ4n) is 0.415. The molecule has 0 aromatic heterocycles. The average Bonchev–Trinajstić information content (AvgIpc) is 1.82. The summed E-state index contributed by atoms with van der Waals surface area (Å²) in [6.07, 6.45) is 0. The summed E-state index contributed by atoms with van der Waals surface area (Å²) in [5.74, 6) is -0.832. The van der Waals surface area contributed by atoms with Crippen molar-refractivity contribution in [2.24, 2.45) is 0 Å². The van der Waals surface area contributed by atoms with Crippen molar-refractivity contribution in [1.82, 2.24) is 5.32 Å². The van der Waals surface area contributed by atoms with E-state index in [0.29, 0.717) is 6.54 Å². The van der Waals surface area contributed by atoms with Crippen LogP contribution < -0.4 is 5.32 Å². The second kappa shape index (κ2) is 4.06. The molecule has 0 aromatic rings. The molecule has 3 heteroatoms. The second-order valence-electron chi connectivity index (χ2n) is 2.40. The molecule has 0 bridgehead atoms. The van der Waals surface area contributed by atoms with Crippen LogP contribution in [0.15, 0.2) is 12.2 Å². The molecular formula is C7H13NO2. The number of carbonyl (C=O) groups is 1. The molecule has 0 aliphatic heterocycles. The molecule has 0 heterocycles. The van der Waals surface area contributed by atoms with Crippen LogP contribution in [0.3, 0.4) is 0 Å². The van der Waals surface area contributed by atoms with Gasteiger partial charge in [0.15, 0.2) is 0 Å². The highest BCUT2D eigenvalue weighted by molar-refractivity contribution is 5.72. The first-order chi connectivity index (χ1) is 4.54. The first-order valence-electron chi connectivity index (χ1n) is 3.14. The molecule has 0 aliphatic carbocycles. The van der Waals surface area contributed by atoms with Gasteiger partial charge in [-0.2, -0.15) is 0 Å². The Morgan fingerprint density at radius 1 is 1.80 bits per heavy atom. The SMILES string of the molecule is C=C(C)CN[C@H](C)C(=O)O. The smallest absolute Gasteiger partial charge is 0.320 e. The van der Waals surface area contributed by atoms with Gasteiger partial charge in [0, 0.05) is 6.54 Å². The first kappa shape index (κ1) is 9.17. The highest BCUT2D eigenvalue weighted by Gasteiger charge is 2.07. The Morgan fingerprint density at radius 3 is 2.60 bits per heavy atom. The highest BCUT2D eigenvalue weighted by Crippen LogP contribution is 1.85. The molecule has 0 rings (SSSR count). The lowest BCUT2D eigenvalue weighted by atomic mass is 10.3. The molecule has 1 atom stereocenters. The van der Waals surface area contributed by atoms with Crippen molar-refractivity contribution in [3.63, 3.8) is 0 Å². The summed E-state index contributed by atoms with van der Waals surface area (Å²) in [5, 5.41) is 11.2. The lowest BCUT2D eigenvalue weighted by Gasteiger charge is -2.07. The molecule has 0 aliphatic rings. The molecule has 0 saturated heterocycles. The van der Waals surface area contributed by atoms with E-state index in [0.717, 1.165) is 5.57 Å². The van der Waals surface area contributed by atoms with Gasteiger partial charge in [0.2, 0.25) is 0 Å². The number of rotatable bonds is 4. The van der Waals surface area contributed by atoms with Crippen LogP contribution in [0.25, 0.3) is 0 Å². The predicted octanol–water partition coefficient (Wildman–Crippen LogP) is 0.625. The lowest BCUT2D eigenvalue weighted by molar-refractivity contribution is -0.138. The van der Waals surface area contributed by atoms with Crippen molar-refractivity contribution < 1.29 is 9.90 Å². The van der Waals surface area contributed by atoms with Crippen molar-refractivity contribution >= 4 is 5.97 Å². The third-order valence-electron chi connectivity index (χ3n) is 1.08. The van der Waals surface area contributed by atoms with E-state index >= 15 is 0 Å². The largest absolute Gasteiger partial charge is 0.480 e. The molecule has 0 amide bonds. The molecule has 0 radical (unpaired) electrons. The Labute approximate surface area is 60.7 Å². The zero-order valence-electron chi connectivity index (χ0n) is 6.35.